The minimum atomic E-state index is -0.387. The van der Waals surface area contributed by atoms with Crippen LogP contribution in [0.5, 0.6) is 5.75 Å². The minimum Gasteiger partial charge on any atom is -0.497 e. The first-order valence-corrected chi connectivity index (χ1v) is 6.13. The smallest absolute Gasteiger partial charge is 0.328 e. The molecule has 1 heterocycles. The number of rotatable bonds is 5. The maximum atomic E-state index is 12.2. The number of nitrogens with zero attached hydrogens (tertiary/aromatic N) is 1. The van der Waals surface area contributed by atoms with Crippen LogP contribution in [0.3, 0.4) is 0 Å². The van der Waals surface area contributed by atoms with Gasteiger partial charge in [-0.05, 0) is 32.1 Å². The first-order valence-electron chi connectivity index (χ1n) is 6.13. The molecular weight excluding hydrogens is 246 g/mol. The molecule has 0 unspecified atom stereocenters. The minimum absolute atomic E-state index is 0.266. The Morgan fingerprint density at radius 1 is 1.37 bits per heavy atom. The lowest BCUT2D eigenvalue weighted by Crippen LogP contribution is -2.35. The Kier molecular flexibility index (Phi) is 4.01. The van der Waals surface area contributed by atoms with E-state index in [1.807, 2.05) is 7.05 Å². The maximum absolute atomic E-state index is 12.2. The first-order chi connectivity index (χ1) is 9.17. The number of methoxy groups -OCH3 is 1. The van der Waals surface area contributed by atoms with E-state index in [2.05, 4.69) is 10.3 Å². The lowest BCUT2D eigenvalue weighted by molar-refractivity contribution is 0.415. The van der Waals surface area contributed by atoms with Crippen molar-refractivity contribution in [3.05, 3.63) is 39.0 Å². The molecule has 0 aliphatic rings. The first kappa shape index (κ1) is 13.4. The largest absolute Gasteiger partial charge is 0.497 e. The summed E-state index contributed by atoms with van der Waals surface area (Å²) in [5.41, 5.74) is -0.154. The second-order valence-corrected chi connectivity index (χ2v) is 4.26. The Hall–Kier alpha value is -2.08. The Bertz CT molecular complexity index is 688. The number of aromatic amines is 1. The number of hydrogen-bond donors (Lipinski definition) is 2. The second-order valence-electron chi connectivity index (χ2n) is 4.26. The van der Waals surface area contributed by atoms with Gasteiger partial charge in [0.05, 0.1) is 18.0 Å². The van der Waals surface area contributed by atoms with Gasteiger partial charge in [0.2, 0.25) is 0 Å². The van der Waals surface area contributed by atoms with E-state index < -0.39 is 0 Å². The highest BCUT2D eigenvalue weighted by Gasteiger charge is 2.07. The third kappa shape index (κ3) is 2.68. The summed E-state index contributed by atoms with van der Waals surface area (Å²) >= 11 is 0. The summed E-state index contributed by atoms with van der Waals surface area (Å²) in [6.07, 6.45) is 0.723. The van der Waals surface area contributed by atoms with Crippen LogP contribution in [0.25, 0.3) is 10.9 Å². The molecule has 0 amide bonds. The van der Waals surface area contributed by atoms with Crippen LogP contribution in [0.1, 0.15) is 6.42 Å². The monoisotopic (exact) mass is 263 g/mol. The number of ether oxygens (including phenoxy) is 1. The molecule has 1 aromatic carbocycles. The maximum Gasteiger partial charge on any atom is 0.328 e. The predicted molar refractivity (Wildman–Crippen MR) is 73.9 cm³/mol. The quantitative estimate of drug-likeness (QED) is 0.761. The van der Waals surface area contributed by atoms with Gasteiger partial charge >= 0.3 is 5.69 Å². The third-order valence-corrected chi connectivity index (χ3v) is 3.00. The summed E-state index contributed by atoms with van der Waals surface area (Å²) < 4.78 is 6.30. The zero-order chi connectivity index (χ0) is 13.8. The fourth-order valence-electron chi connectivity index (χ4n) is 1.98. The van der Waals surface area contributed by atoms with Crippen molar-refractivity contribution in [1.82, 2.24) is 14.9 Å². The van der Waals surface area contributed by atoms with Gasteiger partial charge in [-0.15, -0.1) is 0 Å². The van der Waals surface area contributed by atoms with Crippen LogP contribution >= 0.6 is 0 Å². The molecular formula is C13H17N3O3. The van der Waals surface area contributed by atoms with Crippen molar-refractivity contribution in [1.29, 1.82) is 0 Å². The number of nitrogens with one attached hydrogen (secondary N) is 2. The van der Waals surface area contributed by atoms with Gasteiger partial charge in [0.15, 0.2) is 0 Å². The molecule has 0 aliphatic heterocycles. The van der Waals surface area contributed by atoms with Crippen LogP contribution in [-0.2, 0) is 6.54 Å². The van der Waals surface area contributed by atoms with E-state index in [9.17, 15) is 9.59 Å². The van der Waals surface area contributed by atoms with Crippen molar-refractivity contribution >= 4 is 10.9 Å². The average Bonchev–Trinajstić information content (AvgIpc) is 2.41. The topological polar surface area (TPSA) is 76.1 Å². The number of fused-ring (bicyclic) bond motifs is 1. The van der Waals surface area contributed by atoms with Crippen molar-refractivity contribution in [3.63, 3.8) is 0 Å². The van der Waals surface area contributed by atoms with Crippen LogP contribution < -0.4 is 21.3 Å². The van der Waals surface area contributed by atoms with Crippen LogP contribution in [0, 0.1) is 0 Å². The summed E-state index contributed by atoms with van der Waals surface area (Å²) in [6.45, 7) is 1.16. The van der Waals surface area contributed by atoms with Crippen LogP contribution in [0.2, 0.25) is 0 Å². The lowest BCUT2D eigenvalue weighted by atomic mass is 10.2. The van der Waals surface area contributed by atoms with Crippen molar-refractivity contribution < 1.29 is 4.74 Å². The number of aromatic nitrogens is 2. The Labute approximate surface area is 110 Å². The molecule has 2 aromatic rings. The van der Waals surface area contributed by atoms with Gasteiger partial charge in [0, 0.05) is 12.6 Å². The van der Waals surface area contributed by atoms with Crippen molar-refractivity contribution in [2.75, 3.05) is 20.7 Å². The van der Waals surface area contributed by atoms with E-state index in [4.69, 9.17) is 4.74 Å². The molecule has 6 heteroatoms. The van der Waals surface area contributed by atoms with E-state index in [0.29, 0.717) is 23.2 Å². The van der Waals surface area contributed by atoms with Gasteiger partial charge in [-0.25, -0.2) is 4.79 Å². The zero-order valence-corrected chi connectivity index (χ0v) is 11.0. The Morgan fingerprint density at radius 3 is 2.84 bits per heavy atom. The van der Waals surface area contributed by atoms with E-state index in [1.165, 1.54) is 11.7 Å². The number of H-pyrrole nitrogens is 1. The number of benzene rings is 1. The molecule has 0 spiro atoms. The molecule has 2 N–H and O–H groups in total. The van der Waals surface area contributed by atoms with Gasteiger partial charge < -0.3 is 15.0 Å². The highest BCUT2D eigenvalue weighted by Crippen LogP contribution is 2.15. The summed E-state index contributed by atoms with van der Waals surface area (Å²) in [7, 11) is 3.37. The molecule has 19 heavy (non-hydrogen) atoms. The highest BCUT2D eigenvalue weighted by atomic mass is 16.5. The van der Waals surface area contributed by atoms with Gasteiger partial charge in [-0.3, -0.25) is 9.36 Å². The molecule has 1 aromatic heterocycles. The molecule has 0 saturated heterocycles. The van der Waals surface area contributed by atoms with E-state index in [0.717, 1.165) is 13.0 Å². The zero-order valence-electron chi connectivity index (χ0n) is 11.0. The summed E-state index contributed by atoms with van der Waals surface area (Å²) in [5, 5.41) is 3.48. The van der Waals surface area contributed by atoms with Crippen molar-refractivity contribution in [2.24, 2.45) is 0 Å². The van der Waals surface area contributed by atoms with Crippen LogP contribution in [-0.4, -0.2) is 30.3 Å². The molecule has 0 saturated carbocycles. The fraction of sp³-hybridized carbons (Fsp3) is 0.385. The normalized spacial score (nSPS) is 10.8. The number of hydrogen-bond acceptors (Lipinski definition) is 4. The molecule has 0 fully saturated rings. The molecule has 0 bridgehead atoms. The van der Waals surface area contributed by atoms with Gasteiger partial charge in [-0.1, -0.05) is 0 Å². The van der Waals surface area contributed by atoms with Crippen LogP contribution in [0.4, 0.5) is 0 Å². The van der Waals surface area contributed by atoms with Gasteiger partial charge in [-0.2, -0.15) is 0 Å². The molecule has 102 valence electrons. The fourth-order valence-corrected chi connectivity index (χ4v) is 1.98. The molecule has 2 rings (SSSR count). The third-order valence-electron chi connectivity index (χ3n) is 3.00. The second kappa shape index (κ2) is 5.71. The van der Waals surface area contributed by atoms with E-state index >= 15 is 0 Å². The predicted octanol–water partition coefficient (Wildman–Crippen LogP) is 0.308. The van der Waals surface area contributed by atoms with Crippen molar-refractivity contribution in [3.8, 4) is 5.75 Å². The molecule has 0 aliphatic carbocycles. The van der Waals surface area contributed by atoms with E-state index in [-0.39, 0.29) is 11.2 Å². The molecule has 0 radical (unpaired) electrons. The van der Waals surface area contributed by atoms with E-state index in [1.54, 1.807) is 18.2 Å². The molecule has 0 atom stereocenters. The van der Waals surface area contributed by atoms with Gasteiger partial charge in [0.25, 0.3) is 5.56 Å². The SMILES string of the molecule is CNCCCn1c(=O)[nH]c2cc(OC)ccc2c1=O. The Morgan fingerprint density at radius 2 is 2.16 bits per heavy atom. The molecule has 6 nitrogen and oxygen atoms in total. The average molecular weight is 263 g/mol. The van der Waals surface area contributed by atoms with Crippen LogP contribution in [0.15, 0.2) is 27.8 Å². The summed E-state index contributed by atoms with van der Waals surface area (Å²) in [4.78, 5) is 26.8. The highest BCUT2D eigenvalue weighted by molar-refractivity contribution is 5.78. The lowest BCUT2D eigenvalue weighted by Gasteiger charge is -2.07. The summed E-state index contributed by atoms with van der Waals surface area (Å²) in [5.74, 6) is 0.607. The standard InChI is InChI=1S/C13H17N3O3/c1-14-6-3-7-16-12(17)10-5-4-9(19-2)8-11(10)15-13(16)18/h4-5,8,14H,3,6-7H2,1-2H3,(H,15,18). The Balaban J connectivity index is 2.50. The van der Waals surface area contributed by atoms with Crippen molar-refractivity contribution in [2.45, 2.75) is 13.0 Å². The summed E-state index contributed by atoms with van der Waals surface area (Å²) in [6, 6.07) is 5.02. The van der Waals surface area contributed by atoms with Gasteiger partial charge in [0.1, 0.15) is 5.75 Å².